The Labute approximate surface area is 125 Å². The van der Waals surface area contributed by atoms with E-state index in [1.807, 2.05) is 13.8 Å². The van der Waals surface area contributed by atoms with Crippen LogP contribution in [0.3, 0.4) is 0 Å². The fourth-order valence-electron chi connectivity index (χ4n) is 1.98. The third kappa shape index (κ3) is 5.34. The molecule has 0 bridgehead atoms. The number of hydrogen-bond donors (Lipinski definition) is 2. The van der Waals surface area contributed by atoms with E-state index in [1.54, 1.807) is 19.9 Å². The topological polar surface area (TPSA) is 58.6 Å². The zero-order chi connectivity index (χ0) is 16.0. The first-order chi connectivity index (χ1) is 9.85. The molecule has 0 radical (unpaired) electrons. The summed E-state index contributed by atoms with van der Waals surface area (Å²) in [5, 5.41) is 12.2. The van der Waals surface area contributed by atoms with Crippen LogP contribution in [0.15, 0.2) is 18.2 Å². The van der Waals surface area contributed by atoms with Crippen molar-refractivity contribution in [2.75, 3.05) is 0 Å². The summed E-state index contributed by atoms with van der Waals surface area (Å²) in [7, 11) is 0. The van der Waals surface area contributed by atoms with Crippen LogP contribution in [0.25, 0.3) is 0 Å². The molecule has 5 heteroatoms. The lowest BCUT2D eigenvalue weighted by molar-refractivity contribution is -0.128. The first-order valence-electron chi connectivity index (χ1n) is 7.29. The van der Waals surface area contributed by atoms with Crippen molar-refractivity contribution in [3.8, 4) is 5.75 Å². The van der Waals surface area contributed by atoms with Crippen LogP contribution in [0.5, 0.6) is 5.75 Å². The summed E-state index contributed by atoms with van der Waals surface area (Å²) in [6.07, 6.45) is 0.336. The molecule has 1 rings (SSSR count). The van der Waals surface area contributed by atoms with Crippen molar-refractivity contribution < 1.29 is 19.0 Å². The van der Waals surface area contributed by atoms with Crippen LogP contribution in [0.4, 0.5) is 4.39 Å². The minimum absolute atomic E-state index is 0.00481. The molecule has 118 valence electrons. The first kappa shape index (κ1) is 17.4. The van der Waals surface area contributed by atoms with E-state index in [9.17, 15) is 14.3 Å². The smallest absolute Gasteiger partial charge is 0.260 e. The van der Waals surface area contributed by atoms with Crippen molar-refractivity contribution in [1.29, 1.82) is 0 Å². The summed E-state index contributed by atoms with van der Waals surface area (Å²) in [5.41, 5.74) is 0.466. The van der Waals surface area contributed by atoms with E-state index in [4.69, 9.17) is 4.74 Å². The molecular formula is C16H24FNO3. The number of amides is 1. The van der Waals surface area contributed by atoms with Gasteiger partial charge in [-0.3, -0.25) is 4.79 Å². The molecule has 1 aromatic carbocycles. The van der Waals surface area contributed by atoms with Gasteiger partial charge in [0.1, 0.15) is 0 Å². The van der Waals surface area contributed by atoms with E-state index < -0.39 is 18.0 Å². The van der Waals surface area contributed by atoms with E-state index in [0.717, 1.165) is 12.8 Å². The number of carbonyl (C=O) groups excluding carboxylic acids is 1. The minimum atomic E-state index is -0.781. The van der Waals surface area contributed by atoms with Crippen molar-refractivity contribution in [2.45, 2.75) is 58.8 Å². The first-order valence-corrected chi connectivity index (χ1v) is 7.29. The molecule has 1 aromatic rings. The van der Waals surface area contributed by atoms with Crippen molar-refractivity contribution in [3.05, 3.63) is 29.6 Å². The van der Waals surface area contributed by atoms with Gasteiger partial charge in [0.05, 0.1) is 6.10 Å². The van der Waals surface area contributed by atoms with Crippen LogP contribution in [-0.2, 0) is 4.79 Å². The number of carbonyl (C=O) groups is 1. The Hall–Kier alpha value is -1.62. The SMILES string of the molecule is CCCC(C)NC(=O)C(C)Oc1ccc([C@@H](C)O)cc1F. The van der Waals surface area contributed by atoms with Gasteiger partial charge in [0.25, 0.3) is 5.91 Å². The lowest BCUT2D eigenvalue weighted by Crippen LogP contribution is -2.41. The number of aliphatic hydroxyl groups is 1. The molecule has 0 aliphatic heterocycles. The quantitative estimate of drug-likeness (QED) is 0.813. The van der Waals surface area contributed by atoms with Crippen molar-refractivity contribution >= 4 is 5.91 Å². The van der Waals surface area contributed by atoms with Crippen LogP contribution >= 0.6 is 0 Å². The number of hydrogen-bond acceptors (Lipinski definition) is 3. The summed E-state index contributed by atoms with van der Waals surface area (Å²) in [4.78, 5) is 11.9. The Morgan fingerprint density at radius 3 is 2.57 bits per heavy atom. The van der Waals surface area contributed by atoms with E-state index in [-0.39, 0.29) is 17.7 Å². The highest BCUT2D eigenvalue weighted by Gasteiger charge is 2.18. The van der Waals surface area contributed by atoms with Crippen LogP contribution in [0, 0.1) is 5.82 Å². The highest BCUT2D eigenvalue weighted by atomic mass is 19.1. The summed E-state index contributed by atoms with van der Waals surface area (Å²) in [6.45, 7) is 7.10. The van der Waals surface area contributed by atoms with Gasteiger partial charge in [-0.15, -0.1) is 0 Å². The van der Waals surface area contributed by atoms with Gasteiger partial charge in [0, 0.05) is 6.04 Å². The minimum Gasteiger partial charge on any atom is -0.478 e. The second kappa shape index (κ2) is 7.98. The molecule has 0 fully saturated rings. The maximum atomic E-state index is 13.8. The Bertz CT molecular complexity index is 477. The van der Waals surface area contributed by atoms with Crippen molar-refractivity contribution in [3.63, 3.8) is 0 Å². The zero-order valence-corrected chi connectivity index (χ0v) is 13.0. The molecule has 21 heavy (non-hydrogen) atoms. The molecule has 0 saturated heterocycles. The van der Waals surface area contributed by atoms with Gasteiger partial charge in [0.2, 0.25) is 0 Å². The molecule has 3 atom stereocenters. The highest BCUT2D eigenvalue weighted by Crippen LogP contribution is 2.22. The predicted molar refractivity (Wildman–Crippen MR) is 79.6 cm³/mol. The van der Waals surface area contributed by atoms with Gasteiger partial charge < -0.3 is 15.2 Å². The molecule has 4 nitrogen and oxygen atoms in total. The van der Waals surface area contributed by atoms with Crippen molar-refractivity contribution in [1.82, 2.24) is 5.32 Å². The van der Waals surface area contributed by atoms with Gasteiger partial charge in [0.15, 0.2) is 17.7 Å². The fraction of sp³-hybridized carbons (Fsp3) is 0.562. The summed E-state index contributed by atoms with van der Waals surface area (Å²) < 4.78 is 19.2. The van der Waals surface area contributed by atoms with E-state index in [1.165, 1.54) is 12.1 Å². The lowest BCUT2D eigenvalue weighted by Gasteiger charge is -2.19. The monoisotopic (exact) mass is 297 g/mol. The third-order valence-corrected chi connectivity index (χ3v) is 3.22. The average molecular weight is 297 g/mol. The molecule has 0 aliphatic carbocycles. The third-order valence-electron chi connectivity index (χ3n) is 3.22. The molecular weight excluding hydrogens is 273 g/mol. The molecule has 0 aromatic heterocycles. The maximum Gasteiger partial charge on any atom is 0.260 e. The highest BCUT2D eigenvalue weighted by molar-refractivity contribution is 5.80. The Balaban J connectivity index is 2.66. The second-order valence-corrected chi connectivity index (χ2v) is 5.32. The molecule has 2 unspecified atom stereocenters. The molecule has 0 saturated carbocycles. The number of ether oxygens (including phenoxy) is 1. The van der Waals surface area contributed by atoms with Gasteiger partial charge in [-0.25, -0.2) is 4.39 Å². The standard InChI is InChI=1S/C16H24FNO3/c1-5-6-10(2)18-16(20)12(4)21-15-8-7-13(11(3)19)9-14(15)17/h7-12,19H,5-6H2,1-4H3,(H,18,20)/t10?,11-,12?/m1/s1. The second-order valence-electron chi connectivity index (χ2n) is 5.32. The number of benzene rings is 1. The summed E-state index contributed by atoms with van der Waals surface area (Å²) >= 11 is 0. The summed E-state index contributed by atoms with van der Waals surface area (Å²) in [5.74, 6) is -0.852. The number of aliphatic hydroxyl groups excluding tert-OH is 1. The van der Waals surface area contributed by atoms with Gasteiger partial charge in [-0.05, 0) is 44.9 Å². The predicted octanol–water partition coefficient (Wildman–Crippen LogP) is 2.95. The largest absolute Gasteiger partial charge is 0.478 e. The van der Waals surface area contributed by atoms with Crippen LogP contribution < -0.4 is 10.1 Å². The lowest BCUT2D eigenvalue weighted by atomic mass is 10.1. The molecule has 1 amide bonds. The van der Waals surface area contributed by atoms with Gasteiger partial charge in [-0.1, -0.05) is 19.4 Å². The Kier molecular flexibility index (Phi) is 6.62. The Morgan fingerprint density at radius 2 is 2.05 bits per heavy atom. The maximum absolute atomic E-state index is 13.8. The molecule has 0 spiro atoms. The normalized spacial score (nSPS) is 15.1. The average Bonchev–Trinajstić information content (AvgIpc) is 2.40. The molecule has 0 aliphatic rings. The van der Waals surface area contributed by atoms with Crippen LogP contribution in [-0.4, -0.2) is 23.2 Å². The van der Waals surface area contributed by atoms with E-state index in [0.29, 0.717) is 5.56 Å². The Morgan fingerprint density at radius 1 is 1.38 bits per heavy atom. The number of halogens is 1. The van der Waals surface area contributed by atoms with Crippen molar-refractivity contribution in [2.24, 2.45) is 0 Å². The van der Waals surface area contributed by atoms with Gasteiger partial charge >= 0.3 is 0 Å². The van der Waals surface area contributed by atoms with Gasteiger partial charge in [-0.2, -0.15) is 0 Å². The fourth-order valence-corrected chi connectivity index (χ4v) is 1.98. The van der Waals surface area contributed by atoms with Crippen LogP contribution in [0.2, 0.25) is 0 Å². The number of rotatable bonds is 7. The zero-order valence-electron chi connectivity index (χ0n) is 13.0. The van der Waals surface area contributed by atoms with Crippen LogP contribution in [0.1, 0.15) is 52.2 Å². The molecule has 2 N–H and O–H groups in total. The van der Waals surface area contributed by atoms with E-state index >= 15 is 0 Å². The molecule has 0 heterocycles. The summed E-state index contributed by atoms with van der Waals surface area (Å²) in [6, 6.07) is 4.28. The number of nitrogens with one attached hydrogen (secondary N) is 1. The van der Waals surface area contributed by atoms with E-state index in [2.05, 4.69) is 5.32 Å².